The zero-order valence-corrected chi connectivity index (χ0v) is 10.6. The van der Waals surface area contributed by atoms with Crippen molar-refractivity contribution in [2.75, 3.05) is 6.54 Å². The number of nitrogens with one attached hydrogen (secondary N) is 2. The number of amides is 2. The van der Waals surface area contributed by atoms with Gasteiger partial charge in [-0.3, -0.25) is 9.59 Å². The van der Waals surface area contributed by atoms with E-state index in [1.54, 1.807) is 0 Å². The quantitative estimate of drug-likeness (QED) is 0.815. The van der Waals surface area contributed by atoms with Gasteiger partial charge >= 0.3 is 0 Å². The van der Waals surface area contributed by atoms with E-state index in [-0.39, 0.29) is 18.4 Å². The molecule has 0 bridgehead atoms. The Kier molecular flexibility index (Phi) is 5.92. The van der Waals surface area contributed by atoms with E-state index in [0.717, 1.165) is 19.0 Å². The minimum Gasteiger partial charge on any atom is -0.356 e. The molecule has 0 aromatic heterocycles. The van der Waals surface area contributed by atoms with E-state index in [9.17, 15) is 18.4 Å². The summed E-state index contributed by atoms with van der Waals surface area (Å²) in [5, 5.41) is 5.04. The molecule has 1 aliphatic heterocycles. The SMILES string of the molecule is CC1CCNC1=O.O=CNCc1cc(F)cc(F)c1. The van der Waals surface area contributed by atoms with E-state index in [1.807, 2.05) is 6.92 Å². The second kappa shape index (κ2) is 7.45. The summed E-state index contributed by atoms with van der Waals surface area (Å²) in [4.78, 5) is 20.3. The molecular weight excluding hydrogens is 254 g/mol. The van der Waals surface area contributed by atoms with E-state index >= 15 is 0 Å². The van der Waals surface area contributed by atoms with Crippen molar-refractivity contribution in [1.29, 1.82) is 0 Å². The Balaban J connectivity index is 0.000000218. The number of carbonyl (C=O) groups is 2. The van der Waals surface area contributed by atoms with Crippen LogP contribution < -0.4 is 10.6 Å². The summed E-state index contributed by atoms with van der Waals surface area (Å²) in [6, 6.07) is 3.11. The van der Waals surface area contributed by atoms with Crippen molar-refractivity contribution in [2.24, 2.45) is 5.92 Å². The molecule has 0 spiro atoms. The van der Waals surface area contributed by atoms with Gasteiger partial charge in [-0.05, 0) is 24.1 Å². The molecule has 2 N–H and O–H groups in total. The first kappa shape index (κ1) is 15.1. The predicted octanol–water partition coefficient (Wildman–Crippen LogP) is 1.35. The van der Waals surface area contributed by atoms with Gasteiger partial charge in [0.2, 0.25) is 12.3 Å². The Labute approximate surface area is 110 Å². The molecule has 0 radical (unpaired) electrons. The lowest BCUT2D eigenvalue weighted by Crippen LogP contribution is -2.16. The zero-order valence-electron chi connectivity index (χ0n) is 10.6. The van der Waals surface area contributed by atoms with Gasteiger partial charge in [0, 0.05) is 25.1 Å². The summed E-state index contributed by atoms with van der Waals surface area (Å²) in [6.45, 7) is 2.96. The summed E-state index contributed by atoms with van der Waals surface area (Å²) in [6.07, 6.45) is 1.49. The van der Waals surface area contributed by atoms with E-state index in [2.05, 4.69) is 10.6 Å². The Morgan fingerprint density at radius 3 is 2.37 bits per heavy atom. The largest absolute Gasteiger partial charge is 0.356 e. The molecule has 1 atom stereocenters. The van der Waals surface area contributed by atoms with Gasteiger partial charge in [-0.1, -0.05) is 6.92 Å². The fraction of sp³-hybridized carbons (Fsp3) is 0.385. The Morgan fingerprint density at radius 1 is 1.37 bits per heavy atom. The highest BCUT2D eigenvalue weighted by atomic mass is 19.1. The van der Waals surface area contributed by atoms with Crippen molar-refractivity contribution >= 4 is 12.3 Å². The van der Waals surface area contributed by atoms with Crippen molar-refractivity contribution in [1.82, 2.24) is 10.6 Å². The number of benzene rings is 1. The Bertz CT molecular complexity index is 432. The highest BCUT2D eigenvalue weighted by Gasteiger charge is 2.17. The van der Waals surface area contributed by atoms with Gasteiger partial charge in [0.25, 0.3) is 0 Å². The Morgan fingerprint density at radius 2 is 2.00 bits per heavy atom. The maximum Gasteiger partial charge on any atom is 0.222 e. The molecule has 2 rings (SSSR count). The van der Waals surface area contributed by atoms with Crippen LogP contribution in [0, 0.1) is 17.6 Å². The van der Waals surface area contributed by atoms with Gasteiger partial charge in [0.15, 0.2) is 0 Å². The molecule has 4 nitrogen and oxygen atoms in total. The number of hydrogen-bond acceptors (Lipinski definition) is 2. The number of hydrogen-bond donors (Lipinski definition) is 2. The second-order valence-electron chi connectivity index (χ2n) is 4.26. The van der Waals surface area contributed by atoms with Gasteiger partial charge in [0.05, 0.1) is 0 Å². The van der Waals surface area contributed by atoms with Crippen LogP contribution in [-0.4, -0.2) is 18.9 Å². The van der Waals surface area contributed by atoms with Crippen LogP contribution in [0.25, 0.3) is 0 Å². The standard InChI is InChI=1S/C8H7F2NO.C5H9NO/c9-7-1-6(4-11-5-12)2-8(10)3-7;1-4-2-3-6-5(4)7/h1-3,5H,4H2,(H,11,12);4H,2-3H2,1H3,(H,6,7). The smallest absolute Gasteiger partial charge is 0.222 e. The maximum absolute atomic E-state index is 12.5. The lowest BCUT2D eigenvalue weighted by Gasteiger charge is -1.99. The highest BCUT2D eigenvalue weighted by Crippen LogP contribution is 2.07. The molecule has 6 heteroatoms. The van der Waals surface area contributed by atoms with Crippen molar-refractivity contribution in [3.63, 3.8) is 0 Å². The molecule has 1 unspecified atom stereocenters. The van der Waals surface area contributed by atoms with E-state index < -0.39 is 11.6 Å². The topological polar surface area (TPSA) is 58.2 Å². The minimum absolute atomic E-state index is 0.137. The normalized spacial score (nSPS) is 17.2. The fourth-order valence-corrected chi connectivity index (χ4v) is 1.59. The van der Waals surface area contributed by atoms with Crippen LogP contribution >= 0.6 is 0 Å². The molecule has 19 heavy (non-hydrogen) atoms. The first-order valence-corrected chi connectivity index (χ1v) is 5.92. The van der Waals surface area contributed by atoms with Crippen molar-refractivity contribution in [3.8, 4) is 0 Å². The summed E-state index contributed by atoms with van der Waals surface area (Å²) >= 11 is 0. The third-order valence-electron chi connectivity index (χ3n) is 2.64. The number of halogens is 2. The van der Waals surface area contributed by atoms with Crippen LogP contribution in [0.2, 0.25) is 0 Å². The van der Waals surface area contributed by atoms with Crippen LogP contribution in [0.3, 0.4) is 0 Å². The van der Waals surface area contributed by atoms with Gasteiger partial charge in [-0.15, -0.1) is 0 Å². The highest BCUT2D eigenvalue weighted by molar-refractivity contribution is 5.80. The van der Waals surface area contributed by atoms with Crippen molar-refractivity contribution in [3.05, 3.63) is 35.4 Å². The van der Waals surface area contributed by atoms with Crippen LogP contribution in [-0.2, 0) is 16.1 Å². The van der Waals surface area contributed by atoms with Gasteiger partial charge in [-0.2, -0.15) is 0 Å². The van der Waals surface area contributed by atoms with Crippen LogP contribution in [0.1, 0.15) is 18.9 Å². The molecule has 0 saturated carbocycles. The third-order valence-corrected chi connectivity index (χ3v) is 2.64. The monoisotopic (exact) mass is 270 g/mol. The summed E-state index contributed by atoms with van der Waals surface area (Å²) < 4.78 is 25.0. The summed E-state index contributed by atoms with van der Waals surface area (Å²) in [5.74, 6) is -0.810. The molecule has 1 aromatic rings. The van der Waals surface area contributed by atoms with E-state index in [1.165, 1.54) is 12.1 Å². The molecule has 1 aromatic carbocycles. The van der Waals surface area contributed by atoms with Gasteiger partial charge in [0.1, 0.15) is 11.6 Å². The minimum atomic E-state index is -0.641. The lowest BCUT2D eigenvalue weighted by atomic mass is 10.1. The number of carbonyl (C=O) groups excluding carboxylic acids is 2. The van der Waals surface area contributed by atoms with E-state index in [0.29, 0.717) is 12.0 Å². The molecule has 1 fully saturated rings. The molecule has 1 heterocycles. The van der Waals surface area contributed by atoms with Crippen molar-refractivity contribution in [2.45, 2.75) is 19.9 Å². The van der Waals surface area contributed by atoms with E-state index in [4.69, 9.17) is 0 Å². The second-order valence-corrected chi connectivity index (χ2v) is 4.26. The third kappa shape index (κ3) is 5.46. The molecule has 1 saturated heterocycles. The lowest BCUT2D eigenvalue weighted by molar-refractivity contribution is -0.122. The molecular formula is C13H16F2N2O2. The van der Waals surface area contributed by atoms with Crippen LogP contribution in [0.5, 0.6) is 0 Å². The first-order chi connectivity index (χ1) is 9.02. The van der Waals surface area contributed by atoms with Crippen LogP contribution in [0.15, 0.2) is 18.2 Å². The Hall–Kier alpha value is -1.98. The van der Waals surface area contributed by atoms with Gasteiger partial charge in [-0.25, -0.2) is 8.78 Å². The zero-order chi connectivity index (χ0) is 14.3. The average molecular weight is 270 g/mol. The average Bonchev–Trinajstić information content (AvgIpc) is 2.71. The van der Waals surface area contributed by atoms with Crippen LogP contribution in [0.4, 0.5) is 8.78 Å². The first-order valence-electron chi connectivity index (χ1n) is 5.92. The summed E-state index contributed by atoms with van der Waals surface area (Å²) in [7, 11) is 0. The predicted molar refractivity (Wildman–Crippen MR) is 66.1 cm³/mol. The molecule has 104 valence electrons. The molecule has 1 aliphatic rings. The number of rotatable bonds is 3. The van der Waals surface area contributed by atoms with Crippen molar-refractivity contribution < 1.29 is 18.4 Å². The fourth-order valence-electron chi connectivity index (χ4n) is 1.59. The maximum atomic E-state index is 12.5. The molecule has 0 aliphatic carbocycles. The summed E-state index contributed by atoms with van der Waals surface area (Å²) in [5.41, 5.74) is 0.402. The molecule has 2 amide bonds. The van der Waals surface area contributed by atoms with Gasteiger partial charge < -0.3 is 10.6 Å².